The molecule has 0 aliphatic heterocycles. The number of hydrogen-bond donors (Lipinski definition) is 0. The largest absolute Gasteiger partial charge is 0.367 e. The van der Waals surface area contributed by atoms with E-state index in [2.05, 4.69) is 145 Å². The van der Waals surface area contributed by atoms with E-state index in [0.717, 1.165) is 13.1 Å². The highest BCUT2D eigenvalue weighted by molar-refractivity contribution is 6.10. The number of fused-ring (bicyclic) bond motifs is 5. The Morgan fingerprint density at radius 3 is 1.76 bits per heavy atom. The maximum atomic E-state index is 2.51. The summed E-state index contributed by atoms with van der Waals surface area (Å²) in [5.41, 5.74) is 7.68. The highest BCUT2D eigenvalue weighted by Crippen LogP contribution is 2.37. The van der Waals surface area contributed by atoms with Crippen molar-refractivity contribution >= 4 is 49.0 Å². The van der Waals surface area contributed by atoms with Crippen LogP contribution in [0.25, 0.3) is 49.0 Å². The minimum atomic E-state index is 0.862. The summed E-state index contributed by atoms with van der Waals surface area (Å²) in [5.74, 6) is 0. The van der Waals surface area contributed by atoms with Gasteiger partial charge in [0.25, 0.3) is 0 Å². The van der Waals surface area contributed by atoms with Gasteiger partial charge in [0.05, 0.1) is 11.0 Å². The Morgan fingerprint density at radius 2 is 1.11 bits per heavy atom. The van der Waals surface area contributed by atoms with Crippen molar-refractivity contribution in [1.29, 1.82) is 0 Å². The molecule has 0 aliphatic rings. The van der Waals surface area contributed by atoms with E-state index >= 15 is 0 Å². The van der Waals surface area contributed by atoms with Crippen molar-refractivity contribution < 1.29 is 0 Å². The summed E-state index contributed by atoms with van der Waals surface area (Å²) >= 11 is 0. The average Bonchev–Trinajstić information content (AvgIpc) is 3.31. The van der Waals surface area contributed by atoms with E-state index in [9.17, 15) is 0 Å². The summed E-state index contributed by atoms with van der Waals surface area (Å²) in [6.45, 7) is 6.30. The maximum Gasteiger partial charge on any atom is 0.0542 e. The Balaban J connectivity index is 1.41. The Hall–Kier alpha value is -4.56. The predicted molar refractivity (Wildman–Crippen MR) is 164 cm³/mol. The molecule has 0 spiro atoms. The second-order valence-electron chi connectivity index (χ2n) is 10.1. The average molecular weight is 491 g/mol. The molecule has 0 atom stereocenters. The molecule has 0 radical (unpaired) electrons. The first-order valence-corrected chi connectivity index (χ1v) is 13.5. The third kappa shape index (κ3) is 3.48. The summed E-state index contributed by atoms with van der Waals surface area (Å²) in [4.78, 5) is 2.51. The minimum Gasteiger partial charge on any atom is -0.367 e. The van der Waals surface area contributed by atoms with Gasteiger partial charge in [-0.15, -0.1) is 0 Å². The molecule has 0 unspecified atom stereocenters. The quantitative estimate of drug-likeness (QED) is 0.218. The van der Waals surface area contributed by atoms with Crippen LogP contribution in [0.15, 0.2) is 121 Å². The molecule has 7 rings (SSSR count). The minimum absolute atomic E-state index is 0.862. The first-order chi connectivity index (χ1) is 18.7. The Bertz CT molecular complexity index is 1890. The van der Waals surface area contributed by atoms with Crippen LogP contribution in [0.4, 0.5) is 5.69 Å². The summed E-state index contributed by atoms with van der Waals surface area (Å²) in [7, 11) is 0. The highest BCUT2D eigenvalue weighted by Gasteiger charge is 2.17. The van der Waals surface area contributed by atoms with Crippen molar-refractivity contribution in [1.82, 2.24) is 4.57 Å². The van der Waals surface area contributed by atoms with Crippen LogP contribution in [-0.4, -0.2) is 11.1 Å². The number of aromatic nitrogens is 1. The van der Waals surface area contributed by atoms with Crippen molar-refractivity contribution in [3.8, 4) is 5.69 Å². The van der Waals surface area contributed by atoms with Crippen LogP contribution >= 0.6 is 0 Å². The van der Waals surface area contributed by atoms with E-state index in [1.807, 2.05) is 0 Å². The molecule has 7 aromatic rings. The first-order valence-electron chi connectivity index (χ1n) is 13.5. The Kier molecular flexibility index (Phi) is 5.40. The molecule has 1 aromatic heterocycles. The fourth-order valence-corrected chi connectivity index (χ4v) is 6.20. The molecule has 0 fully saturated rings. The molecule has 0 N–H and O–H groups in total. The summed E-state index contributed by atoms with van der Waals surface area (Å²) in [6.07, 6.45) is 0. The molecule has 1 heterocycles. The van der Waals surface area contributed by atoms with E-state index in [1.165, 1.54) is 65.9 Å². The van der Waals surface area contributed by atoms with Crippen LogP contribution < -0.4 is 4.90 Å². The van der Waals surface area contributed by atoms with Crippen molar-refractivity contribution in [2.75, 3.05) is 11.4 Å². The van der Waals surface area contributed by atoms with Gasteiger partial charge < -0.3 is 9.47 Å². The van der Waals surface area contributed by atoms with Gasteiger partial charge in [-0.3, -0.25) is 0 Å². The molecular weight excluding hydrogens is 460 g/mol. The molecule has 0 saturated heterocycles. The van der Waals surface area contributed by atoms with Crippen molar-refractivity contribution in [3.63, 3.8) is 0 Å². The van der Waals surface area contributed by atoms with Gasteiger partial charge in [-0.2, -0.15) is 0 Å². The predicted octanol–water partition coefficient (Wildman–Crippen LogP) is 9.43. The fraction of sp³-hybridized carbons (Fsp3) is 0.111. The van der Waals surface area contributed by atoms with Gasteiger partial charge in [0.15, 0.2) is 0 Å². The van der Waals surface area contributed by atoms with Gasteiger partial charge in [-0.25, -0.2) is 0 Å². The second kappa shape index (κ2) is 9.08. The highest BCUT2D eigenvalue weighted by atomic mass is 15.1. The second-order valence-corrected chi connectivity index (χ2v) is 10.1. The lowest BCUT2D eigenvalue weighted by Gasteiger charge is -2.26. The van der Waals surface area contributed by atoms with Crippen LogP contribution in [0.5, 0.6) is 0 Å². The monoisotopic (exact) mass is 490 g/mol. The molecular formula is C36H30N2. The van der Waals surface area contributed by atoms with E-state index in [4.69, 9.17) is 0 Å². The number of aryl methyl sites for hydroxylation is 1. The van der Waals surface area contributed by atoms with Crippen molar-refractivity contribution in [3.05, 3.63) is 132 Å². The van der Waals surface area contributed by atoms with E-state index in [-0.39, 0.29) is 0 Å². The number of nitrogens with zero attached hydrogens (tertiary/aromatic N) is 2. The topological polar surface area (TPSA) is 8.17 Å². The van der Waals surface area contributed by atoms with Crippen LogP contribution in [-0.2, 0) is 6.54 Å². The SMILES string of the molecule is CCN(Cc1c2ccccc2c(C)c2ccccc12)c1ccc2c(c1)c1ccccc1n2-c1ccccc1. The number of para-hydroxylation sites is 2. The van der Waals surface area contributed by atoms with Crippen LogP contribution in [0.2, 0.25) is 0 Å². The summed E-state index contributed by atoms with van der Waals surface area (Å²) < 4.78 is 2.38. The van der Waals surface area contributed by atoms with E-state index in [0.29, 0.717) is 0 Å². The maximum absolute atomic E-state index is 2.51. The van der Waals surface area contributed by atoms with Crippen LogP contribution in [0.3, 0.4) is 0 Å². The molecule has 0 saturated carbocycles. The lowest BCUT2D eigenvalue weighted by molar-refractivity contribution is 0.841. The standard InChI is InChI=1S/C36H30N2/c1-3-37(24-34-30-17-9-7-15-28(30)25(2)29-16-8-10-18-31(29)34)27-21-22-36-33(23-27)32-19-11-12-20-35(32)38(36)26-13-5-4-6-14-26/h4-23H,3,24H2,1-2H3. The zero-order valence-corrected chi connectivity index (χ0v) is 21.9. The van der Waals surface area contributed by atoms with Gasteiger partial charge in [-0.1, -0.05) is 84.9 Å². The summed E-state index contributed by atoms with van der Waals surface area (Å²) in [6, 6.07) is 44.1. The number of benzene rings is 6. The smallest absolute Gasteiger partial charge is 0.0542 e. The molecule has 0 amide bonds. The molecule has 6 aromatic carbocycles. The lowest BCUT2D eigenvalue weighted by atomic mass is 9.92. The van der Waals surface area contributed by atoms with Crippen LogP contribution in [0.1, 0.15) is 18.1 Å². The number of hydrogen-bond acceptors (Lipinski definition) is 1. The number of anilines is 1. The molecule has 38 heavy (non-hydrogen) atoms. The zero-order chi connectivity index (χ0) is 25.6. The van der Waals surface area contributed by atoms with Gasteiger partial charge in [0.2, 0.25) is 0 Å². The Morgan fingerprint density at radius 1 is 0.553 bits per heavy atom. The molecule has 0 bridgehead atoms. The van der Waals surface area contributed by atoms with Gasteiger partial charge in [-0.05, 0) is 82.9 Å². The molecule has 0 aliphatic carbocycles. The normalized spacial score (nSPS) is 11.6. The summed E-state index contributed by atoms with van der Waals surface area (Å²) in [5, 5.41) is 7.97. The third-order valence-corrected chi connectivity index (χ3v) is 8.08. The van der Waals surface area contributed by atoms with Gasteiger partial charge in [0.1, 0.15) is 0 Å². The lowest BCUT2D eigenvalue weighted by Crippen LogP contribution is -2.22. The van der Waals surface area contributed by atoms with E-state index < -0.39 is 0 Å². The molecule has 184 valence electrons. The van der Waals surface area contributed by atoms with Gasteiger partial charge >= 0.3 is 0 Å². The first kappa shape index (κ1) is 22.6. The fourth-order valence-electron chi connectivity index (χ4n) is 6.20. The molecule has 2 nitrogen and oxygen atoms in total. The van der Waals surface area contributed by atoms with Gasteiger partial charge in [0, 0.05) is 35.2 Å². The molecule has 2 heteroatoms. The third-order valence-electron chi connectivity index (χ3n) is 8.08. The zero-order valence-electron chi connectivity index (χ0n) is 21.9. The van der Waals surface area contributed by atoms with Crippen molar-refractivity contribution in [2.24, 2.45) is 0 Å². The van der Waals surface area contributed by atoms with Crippen LogP contribution in [0, 0.1) is 6.92 Å². The van der Waals surface area contributed by atoms with E-state index in [1.54, 1.807) is 0 Å². The Labute approximate surface area is 223 Å². The van der Waals surface area contributed by atoms with Crippen molar-refractivity contribution in [2.45, 2.75) is 20.4 Å². The number of rotatable bonds is 5.